The van der Waals surface area contributed by atoms with E-state index in [4.69, 9.17) is 0 Å². The van der Waals surface area contributed by atoms with E-state index in [2.05, 4.69) is 76.2 Å². The number of nitrogens with zero attached hydrogens (tertiary/aromatic N) is 4. The maximum absolute atomic E-state index is 4.55. The molecule has 0 amide bonds. The van der Waals surface area contributed by atoms with Crippen LogP contribution in [0.4, 0.5) is 0 Å². The highest BCUT2D eigenvalue weighted by Crippen LogP contribution is 2.18. The van der Waals surface area contributed by atoms with Gasteiger partial charge >= 0.3 is 0 Å². The lowest BCUT2D eigenvalue weighted by Crippen LogP contribution is -3.29. The molecule has 0 spiro atoms. The summed E-state index contributed by atoms with van der Waals surface area (Å²) in [6, 6.07) is 22.5. The van der Waals surface area contributed by atoms with E-state index in [1.165, 1.54) is 63.0 Å². The van der Waals surface area contributed by atoms with Crippen molar-refractivity contribution in [2.24, 2.45) is 0 Å². The van der Waals surface area contributed by atoms with E-state index in [0.29, 0.717) is 0 Å². The number of quaternary nitrogens is 2. The van der Waals surface area contributed by atoms with Gasteiger partial charge in [-0.2, -0.15) is 0 Å². The summed E-state index contributed by atoms with van der Waals surface area (Å²) in [5.74, 6) is 1.00. The first kappa shape index (κ1) is 20.3. The van der Waals surface area contributed by atoms with E-state index in [9.17, 15) is 0 Å². The van der Waals surface area contributed by atoms with Crippen LogP contribution in [0.3, 0.4) is 0 Å². The van der Waals surface area contributed by atoms with Crippen molar-refractivity contribution >= 4 is 0 Å². The molecule has 0 unspecified atom stereocenters. The van der Waals surface area contributed by atoms with Gasteiger partial charge in [0.25, 0.3) is 0 Å². The minimum Gasteiger partial charge on any atom is -0.323 e. The minimum absolute atomic E-state index is 0.192. The first-order valence-electron chi connectivity index (χ1n) is 11.9. The van der Waals surface area contributed by atoms with E-state index in [1.54, 1.807) is 4.90 Å². The molecule has 1 aliphatic carbocycles. The van der Waals surface area contributed by atoms with Crippen molar-refractivity contribution in [1.29, 1.82) is 0 Å². The van der Waals surface area contributed by atoms with Crippen LogP contribution in [0.15, 0.2) is 60.7 Å². The maximum Gasteiger partial charge on any atom is 0.214 e. The monoisotopic (exact) mass is 418 g/mol. The largest absolute Gasteiger partial charge is 0.323 e. The fraction of sp³-hybridized carbons (Fsp3) is 0.480. The summed E-state index contributed by atoms with van der Waals surface area (Å²) < 4.78 is 2.04. The molecule has 2 N–H and O–H groups in total. The van der Waals surface area contributed by atoms with Crippen molar-refractivity contribution in [1.82, 2.24) is 20.2 Å². The highest BCUT2D eigenvalue weighted by Gasteiger charge is 2.37. The summed E-state index contributed by atoms with van der Waals surface area (Å²) in [7, 11) is 0. The zero-order valence-electron chi connectivity index (χ0n) is 18.3. The predicted octanol–water partition coefficient (Wildman–Crippen LogP) is 0.731. The SMILES string of the molecule is c1ccc(CCn2nnnc2[C@@H](c2ccccc2)[NH+]2CC[NH+](C3CCCC3)CC2)cc1. The van der Waals surface area contributed by atoms with Crippen LogP contribution in [-0.4, -0.2) is 52.4 Å². The van der Waals surface area contributed by atoms with Gasteiger partial charge in [0.1, 0.15) is 26.2 Å². The Morgan fingerprint density at radius 3 is 2.26 bits per heavy atom. The Labute approximate surface area is 184 Å². The number of piperazine rings is 1. The van der Waals surface area contributed by atoms with Gasteiger partial charge in [-0.25, -0.2) is 4.68 Å². The van der Waals surface area contributed by atoms with Crippen LogP contribution < -0.4 is 9.80 Å². The minimum atomic E-state index is 0.192. The van der Waals surface area contributed by atoms with Gasteiger partial charge < -0.3 is 9.80 Å². The number of tetrazole rings is 1. The number of hydrogen-bond donors (Lipinski definition) is 2. The quantitative estimate of drug-likeness (QED) is 0.595. The second kappa shape index (κ2) is 9.71. The van der Waals surface area contributed by atoms with Crippen LogP contribution in [0.5, 0.6) is 0 Å². The van der Waals surface area contributed by atoms with E-state index >= 15 is 0 Å². The van der Waals surface area contributed by atoms with Crippen molar-refractivity contribution in [3.05, 3.63) is 77.6 Å². The predicted molar refractivity (Wildman–Crippen MR) is 120 cm³/mol. The van der Waals surface area contributed by atoms with Gasteiger partial charge in [-0.3, -0.25) is 0 Å². The molecular weight excluding hydrogens is 384 g/mol. The molecule has 5 rings (SSSR count). The molecular formula is C25H34N6+2. The third-order valence-electron chi connectivity index (χ3n) is 7.28. The molecule has 1 atom stereocenters. The van der Waals surface area contributed by atoms with Gasteiger partial charge in [0.15, 0.2) is 6.04 Å². The molecule has 2 heterocycles. The topological polar surface area (TPSA) is 52.5 Å². The normalized spacial score (nSPS) is 23.1. The number of hydrogen-bond acceptors (Lipinski definition) is 3. The molecule has 6 nitrogen and oxygen atoms in total. The summed E-state index contributed by atoms with van der Waals surface area (Å²) in [4.78, 5) is 3.43. The summed E-state index contributed by atoms with van der Waals surface area (Å²) in [6.07, 6.45) is 6.63. The van der Waals surface area contributed by atoms with Gasteiger partial charge in [-0.05, 0) is 48.1 Å². The lowest BCUT2D eigenvalue weighted by Gasteiger charge is -2.36. The van der Waals surface area contributed by atoms with Gasteiger partial charge in [0.2, 0.25) is 5.82 Å². The van der Waals surface area contributed by atoms with E-state index in [-0.39, 0.29) is 6.04 Å². The van der Waals surface area contributed by atoms with Crippen LogP contribution in [0.25, 0.3) is 0 Å². The molecule has 2 fully saturated rings. The van der Waals surface area contributed by atoms with Crippen molar-refractivity contribution < 1.29 is 9.80 Å². The average molecular weight is 419 g/mol. The molecule has 0 bridgehead atoms. The van der Waals surface area contributed by atoms with Gasteiger partial charge in [-0.1, -0.05) is 60.7 Å². The molecule has 2 aliphatic rings. The molecule has 0 radical (unpaired) electrons. The van der Waals surface area contributed by atoms with Crippen molar-refractivity contribution in [3.8, 4) is 0 Å². The molecule has 1 aliphatic heterocycles. The highest BCUT2D eigenvalue weighted by atomic mass is 15.6. The van der Waals surface area contributed by atoms with Crippen LogP contribution >= 0.6 is 0 Å². The third-order valence-corrected chi connectivity index (χ3v) is 7.28. The molecule has 2 aromatic carbocycles. The number of aryl methyl sites for hydroxylation is 2. The van der Waals surface area contributed by atoms with Crippen molar-refractivity contribution in [3.63, 3.8) is 0 Å². The van der Waals surface area contributed by atoms with Gasteiger partial charge in [0.05, 0.1) is 6.04 Å². The number of nitrogens with one attached hydrogen (secondary N) is 2. The van der Waals surface area contributed by atoms with Crippen LogP contribution in [-0.2, 0) is 13.0 Å². The third kappa shape index (κ3) is 4.70. The number of rotatable bonds is 7. The second-order valence-electron chi connectivity index (χ2n) is 9.14. The van der Waals surface area contributed by atoms with E-state index in [1.807, 2.05) is 9.58 Å². The van der Waals surface area contributed by atoms with Crippen molar-refractivity contribution in [2.75, 3.05) is 26.2 Å². The molecule has 162 valence electrons. The van der Waals surface area contributed by atoms with Crippen molar-refractivity contribution in [2.45, 2.75) is 50.7 Å². The zero-order chi connectivity index (χ0) is 20.9. The molecule has 6 heteroatoms. The number of benzene rings is 2. The smallest absolute Gasteiger partial charge is 0.214 e. The number of aromatic nitrogens is 4. The maximum atomic E-state index is 4.55. The lowest BCUT2D eigenvalue weighted by atomic mass is 10.0. The Kier molecular flexibility index (Phi) is 6.37. The van der Waals surface area contributed by atoms with Crippen LogP contribution in [0.1, 0.15) is 48.7 Å². The first-order valence-corrected chi connectivity index (χ1v) is 11.9. The molecule has 31 heavy (non-hydrogen) atoms. The second-order valence-corrected chi connectivity index (χ2v) is 9.14. The Balaban J connectivity index is 1.35. The molecule has 3 aromatic rings. The Morgan fingerprint density at radius 2 is 1.55 bits per heavy atom. The first-order chi connectivity index (χ1) is 15.4. The van der Waals surface area contributed by atoms with E-state index in [0.717, 1.165) is 24.8 Å². The Hall–Kier alpha value is -2.57. The van der Waals surface area contributed by atoms with Gasteiger partial charge in [0, 0.05) is 12.1 Å². The fourth-order valence-electron chi connectivity index (χ4n) is 5.59. The van der Waals surface area contributed by atoms with Crippen LogP contribution in [0.2, 0.25) is 0 Å². The zero-order valence-corrected chi connectivity index (χ0v) is 18.3. The highest BCUT2D eigenvalue weighted by molar-refractivity contribution is 5.22. The average Bonchev–Trinajstić information content (AvgIpc) is 3.53. The summed E-state index contributed by atoms with van der Waals surface area (Å²) in [5, 5.41) is 13.0. The molecule has 1 saturated carbocycles. The lowest BCUT2D eigenvalue weighted by molar-refractivity contribution is -1.03. The standard InChI is InChI=1S/C25H32N6/c1-3-9-21(10-4-1)15-16-31-25(26-27-28-31)24(22-11-5-2-6-12-22)30-19-17-29(18-20-30)23-13-7-8-14-23/h1-6,9-12,23-24H,7-8,13-20H2/p+2/t24-/m1/s1. The summed E-state index contributed by atoms with van der Waals surface area (Å²) >= 11 is 0. The molecule has 1 saturated heterocycles. The Bertz CT molecular complexity index is 927. The fourth-order valence-corrected chi connectivity index (χ4v) is 5.59. The Morgan fingerprint density at radius 1 is 0.871 bits per heavy atom. The van der Waals surface area contributed by atoms with Gasteiger partial charge in [-0.15, -0.1) is 5.10 Å². The van der Waals surface area contributed by atoms with Crippen LogP contribution in [0, 0.1) is 0 Å². The summed E-state index contributed by atoms with van der Waals surface area (Å²) in [6.45, 7) is 5.68. The molecule has 1 aromatic heterocycles. The summed E-state index contributed by atoms with van der Waals surface area (Å²) in [5.41, 5.74) is 2.64. The van der Waals surface area contributed by atoms with E-state index < -0.39 is 0 Å².